The van der Waals surface area contributed by atoms with Crippen LogP contribution in [0.3, 0.4) is 0 Å². The Bertz CT molecular complexity index is 576. The van der Waals surface area contributed by atoms with Gasteiger partial charge in [-0.25, -0.2) is 4.39 Å². The zero-order valence-corrected chi connectivity index (χ0v) is 13.1. The van der Waals surface area contributed by atoms with Gasteiger partial charge in [0.25, 0.3) is 0 Å². The van der Waals surface area contributed by atoms with E-state index in [1.807, 2.05) is 12.1 Å². The number of nitrogens with zero attached hydrogens (tertiary/aromatic N) is 2. The molecule has 124 valence electrons. The first-order chi connectivity index (χ1) is 11.1. The van der Waals surface area contributed by atoms with Gasteiger partial charge in [-0.05, 0) is 43.5 Å². The van der Waals surface area contributed by atoms with Gasteiger partial charge < -0.3 is 10.2 Å². The average Bonchev–Trinajstić information content (AvgIpc) is 2.96. The number of halogens is 1. The lowest BCUT2D eigenvalue weighted by Gasteiger charge is -2.30. The molecule has 1 aromatic rings. The van der Waals surface area contributed by atoms with Crippen LogP contribution < -0.4 is 5.32 Å². The van der Waals surface area contributed by atoms with Crippen molar-refractivity contribution in [2.24, 2.45) is 0 Å². The molecule has 23 heavy (non-hydrogen) atoms. The predicted molar refractivity (Wildman–Crippen MR) is 84.3 cm³/mol. The van der Waals surface area contributed by atoms with Crippen LogP contribution in [0.5, 0.6) is 0 Å². The molecule has 0 spiro atoms. The molecule has 1 atom stereocenters. The highest BCUT2D eigenvalue weighted by Crippen LogP contribution is 2.21. The van der Waals surface area contributed by atoms with Crippen LogP contribution in [0, 0.1) is 5.82 Å². The van der Waals surface area contributed by atoms with Crippen LogP contribution in [0.4, 0.5) is 4.39 Å². The highest BCUT2D eigenvalue weighted by Gasteiger charge is 2.29. The molecule has 6 heteroatoms. The van der Waals surface area contributed by atoms with Crippen molar-refractivity contribution in [2.75, 3.05) is 32.7 Å². The predicted octanol–water partition coefficient (Wildman–Crippen LogP) is 0.791. The normalized spacial score (nSPS) is 22.2. The van der Waals surface area contributed by atoms with Gasteiger partial charge >= 0.3 is 0 Å². The first kappa shape index (κ1) is 15.9. The molecule has 0 radical (unpaired) electrons. The van der Waals surface area contributed by atoms with Gasteiger partial charge in [0.1, 0.15) is 5.82 Å². The minimum atomic E-state index is -0.226. The van der Waals surface area contributed by atoms with Crippen molar-refractivity contribution in [3.8, 4) is 0 Å². The fourth-order valence-electron chi connectivity index (χ4n) is 3.35. The van der Waals surface area contributed by atoms with E-state index in [0.717, 1.165) is 31.4 Å². The first-order valence-electron chi connectivity index (χ1n) is 8.15. The Kier molecular flexibility index (Phi) is 4.91. The maximum atomic E-state index is 13.0. The van der Waals surface area contributed by atoms with E-state index in [2.05, 4.69) is 10.2 Å². The van der Waals surface area contributed by atoms with Crippen molar-refractivity contribution < 1.29 is 14.0 Å². The van der Waals surface area contributed by atoms with Crippen molar-refractivity contribution in [1.29, 1.82) is 0 Å². The number of carbonyl (C=O) groups is 2. The van der Waals surface area contributed by atoms with Gasteiger partial charge in [-0.3, -0.25) is 14.5 Å². The largest absolute Gasteiger partial charge is 0.353 e. The second-order valence-corrected chi connectivity index (χ2v) is 6.26. The Labute approximate surface area is 135 Å². The number of nitrogens with one attached hydrogen (secondary N) is 1. The minimum absolute atomic E-state index is 0.0193. The number of hydrogen-bond donors (Lipinski definition) is 1. The summed E-state index contributed by atoms with van der Waals surface area (Å²) in [6.45, 7) is 2.54. The molecule has 2 aliphatic rings. The van der Waals surface area contributed by atoms with E-state index < -0.39 is 0 Å². The average molecular weight is 319 g/mol. The van der Waals surface area contributed by atoms with Crippen molar-refractivity contribution in [3.05, 3.63) is 35.6 Å². The summed E-state index contributed by atoms with van der Waals surface area (Å²) in [5.74, 6) is -0.296. The van der Waals surface area contributed by atoms with E-state index in [1.165, 1.54) is 12.1 Å². The number of carbonyl (C=O) groups excluding carboxylic acids is 2. The van der Waals surface area contributed by atoms with E-state index in [9.17, 15) is 14.0 Å². The van der Waals surface area contributed by atoms with E-state index in [-0.39, 0.29) is 24.2 Å². The fourth-order valence-corrected chi connectivity index (χ4v) is 3.35. The summed E-state index contributed by atoms with van der Waals surface area (Å²) in [5, 5.41) is 2.73. The number of rotatable bonds is 4. The zero-order valence-electron chi connectivity index (χ0n) is 13.1. The van der Waals surface area contributed by atoms with Crippen LogP contribution in [0.25, 0.3) is 0 Å². The number of piperazine rings is 1. The van der Waals surface area contributed by atoms with Gasteiger partial charge in [-0.15, -0.1) is 0 Å². The third kappa shape index (κ3) is 4.07. The van der Waals surface area contributed by atoms with Gasteiger partial charge in [-0.2, -0.15) is 0 Å². The highest BCUT2D eigenvalue weighted by molar-refractivity contribution is 5.86. The molecule has 1 aromatic carbocycles. The monoisotopic (exact) mass is 319 g/mol. The Morgan fingerprint density at radius 3 is 2.78 bits per heavy atom. The molecule has 3 rings (SSSR count). The molecule has 2 amide bonds. The smallest absolute Gasteiger partial charge is 0.239 e. The van der Waals surface area contributed by atoms with Crippen LogP contribution >= 0.6 is 0 Å². The molecule has 2 heterocycles. The van der Waals surface area contributed by atoms with Crippen molar-refractivity contribution in [2.45, 2.75) is 25.3 Å². The van der Waals surface area contributed by atoms with Crippen LogP contribution in [0.2, 0.25) is 0 Å². The summed E-state index contributed by atoms with van der Waals surface area (Å²) in [5.41, 5.74) is 1.09. The van der Waals surface area contributed by atoms with E-state index in [4.69, 9.17) is 0 Å². The molecule has 2 aliphatic heterocycles. The Morgan fingerprint density at radius 1 is 1.26 bits per heavy atom. The van der Waals surface area contributed by atoms with E-state index in [0.29, 0.717) is 25.7 Å². The van der Waals surface area contributed by atoms with Gasteiger partial charge in [0.15, 0.2) is 0 Å². The molecule has 0 saturated carbocycles. The molecule has 5 nitrogen and oxygen atoms in total. The van der Waals surface area contributed by atoms with Gasteiger partial charge in [0, 0.05) is 19.1 Å². The van der Waals surface area contributed by atoms with Gasteiger partial charge in [-0.1, -0.05) is 12.1 Å². The van der Waals surface area contributed by atoms with Gasteiger partial charge in [0.2, 0.25) is 11.8 Å². The van der Waals surface area contributed by atoms with Crippen LogP contribution in [0.15, 0.2) is 24.3 Å². The van der Waals surface area contributed by atoms with Crippen LogP contribution in [-0.2, 0) is 16.0 Å². The third-order valence-corrected chi connectivity index (χ3v) is 4.61. The molecular weight excluding hydrogens is 297 g/mol. The van der Waals surface area contributed by atoms with E-state index in [1.54, 1.807) is 4.90 Å². The number of likely N-dealkylation sites (tertiary alicyclic amines) is 1. The summed E-state index contributed by atoms with van der Waals surface area (Å²) in [4.78, 5) is 27.6. The lowest BCUT2D eigenvalue weighted by Crippen LogP contribution is -2.52. The van der Waals surface area contributed by atoms with E-state index >= 15 is 0 Å². The van der Waals surface area contributed by atoms with Crippen LogP contribution in [-0.4, -0.2) is 60.4 Å². The molecular formula is C17H22FN3O2. The number of benzene rings is 1. The molecule has 2 saturated heterocycles. The summed E-state index contributed by atoms with van der Waals surface area (Å²) in [6.07, 6.45) is 2.94. The SMILES string of the molecule is O=C1CN(C(=O)CN2CCCC2Cc2ccc(F)cc2)CCN1. The minimum Gasteiger partial charge on any atom is -0.353 e. The fraction of sp³-hybridized carbons (Fsp3) is 0.529. The third-order valence-electron chi connectivity index (χ3n) is 4.61. The maximum Gasteiger partial charge on any atom is 0.239 e. The number of amides is 2. The molecule has 1 unspecified atom stereocenters. The Morgan fingerprint density at radius 2 is 2.04 bits per heavy atom. The standard InChI is InChI=1S/C17H22FN3O2/c18-14-5-3-13(4-6-14)10-15-2-1-8-20(15)12-17(23)21-9-7-19-16(22)11-21/h3-6,15H,1-2,7-12H2,(H,19,22). The Balaban J connectivity index is 1.57. The van der Waals surface area contributed by atoms with Gasteiger partial charge in [0.05, 0.1) is 13.1 Å². The first-order valence-corrected chi connectivity index (χ1v) is 8.15. The lowest BCUT2D eigenvalue weighted by atomic mass is 10.0. The van der Waals surface area contributed by atoms with Crippen molar-refractivity contribution in [1.82, 2.24) is 15.1 Å². The number of hydrogen-bond acceptors (Lipinski definition) is 3. The van der Waals surface area contributed by atoms with Crippen LogP contribution in [0.1, 0.15) is 18.4 Å². The molecule has 0 aliphatic carbocycles. The molecule has 0 aromatic heterocycles. The topological polar surface area (TPSA) is 52.7 Å². The summed E-state index contributed by atoms with van der Waals surface area (Å²) < 4.78 is 13.0. The highest BCUT2D eigenvalue weighted by atomic mass is 19.1. The molecule has 0 bridgehead atoms. The maximum absolute atomic E-state index is 13.0. The second kappa shape index (κ2) is 7.08. The van der Waals surface area contributed by atoms with Crippen molar-refractivity contribution >= 4 is 11.8 Å². The summed E-state index contributed by atoms with van der Waals surface area (Å²) in [7, 11) is 0. The summed E-state index contributed by atoms with van der Waals surface area (Å²) in [6, 6.07) is 6.88. The Hall–Kier alpha value is -1.95. The van der Waals surface area contributed by atoms with Crippen molar-refractivity contribution in [3.63, 3.8) is 0 Å². The molecule has 1 N–H and O–H groups in total. The second-order valence-electron chi connectivity index (χ2n) is 6.26. The zero-order chi connectivity index (χ0) is 16.2. The lowest BCUT2D eigenvalue weighted by molar-refractivity contribution is -0.139. The summed E-state index contributed by atoms with van der Waals surface area (Å²) >= 11 is 0. The molecule has 2 fully saturated rings. The quantitative estimate of drug-likeness (QED) is 0.893.